The number of hydrogen-bond acceptors (Lipinski definition) is 5. The van der Waals surface area contributed by atoms with Crippen LogP contribution < -0.4 is 10.1 Å². The van der Waals surface area contributed by atoms with Gasteiger partial charge in [0.25, 0.3) is 0 Å². The highest BCUT2D eigenvalue weighted by Gasteiger charge is 2.30. The van der Waals surface area contributed by atoms with Crippen molar-refractivity contribution in [2.75, 3.05) is 26.3 Å². The molecule has 2 atom stereocenters. The van der Waals surface area contributed by atoms with Crippen molar-refractivity contribution in [3.05, 3.63) is 59.8 Å². The van der Waals surface area contributed by atoms with E-state index < -0.39 is 0 Å². The third-order valence-electron chi connectivity index (χ3n) is 5.13. The molecule has 3 heterocycles. The summed E-state index contributed by atoms with van der Waals surface area (Å²) in [5.74, 6) is 0.593. The van der Waals surface area contributed by atoms with E-state index in [1.54, 1.807) is 6.20 Å². The molecule has 2 unspecified atom stereocenters. The van der Waals surface area contributed by atoms with Crippen molar-refractivity contribution in [1.82, 2.24) is 15.2 Å². The average Bonchev–Trinajstić information content (AvgIpc) is 2.70. The number of carbonyl (C=O) groups is 1. The summed E-state index contributed by atoms with van der Waals surface area (Å²) in [7, 11) is 0. The van der Waals surface area contributed by atoms with Gasteiger partial charge in [0, 0.05) is 31.8 Å². The van der Waals surface area contributed by atoms with E-state index in [1.165, 1.54) is 11.1 Å². The Hall–Kier alpha value is -2.44. The molecule has 6 heteroatoms. The van der Waals surface area contributed by atoms with Crippen molar-refractivity contribution in [3.8, 4) is 5.88 Å². The van der Waals surface area contributed by atoms with Gasteiger partial charge in [0.15, 0.2) is 0 Å². The highest BCUT2D eigenvalue weighted by atomic mass is 16.5. The maximum Gasteiger partial charge on any atom is 0.234 e. The van der Waals surface area contributed by atoms with Crippen molar-refractivity contribution in [2.24, 2.45) is 0 Å². The van der Waals surface area contributed by atoms with E-state index in [-0.39, 0.29) is 18.1 Å². The van der Waals surface area contributed by atoms with Gasteiger partial charge < -0.3 is 14.8 Å². The van der Waals surface area contributed by atoms with E-state index in [0.717, 1.165) is 25.9 Å². The van der Waals surface area contributed by atoms with E-state index in [9.17, 15) is 4.79 Å². The van der Waals surface area contributed by atoms with Crippen LogP contribution in [0.2, 0.25) is 0 Å². The van der Waals surface area contributed by atoms with E-state index in [4.69, 9.17) is 9.47 Å². The van der Waals surface area contributed by atoms with Gasteiger partial charge in [-0.15, -0.1) is 0 Å². The van der Waals surface area contributed by atoms with Gasteiger partial charge in [-0.3, -0.25) is 9.69 Å². The number of ether oxygens (including phenoxy) is 2. The van der Waals surface area contributed by atoms with Gasteiger partial charge in [-0.1, -0.05) is 30.3 Å². The van der Waals surface area contributed by atoms with Crippen molar-refractivity contribution in [3.63, 3.8) is 0 Å². The van der Waals surface area contributed by atoms with Crippen LogP contribution in [0.25, 0.3) is 0 Å². The summed E-state index contributed by atoms with van der Waals surface area (Å²) >= 11 is 0. The fourth-order valence-corrected chi connectivity index (χ4v) is 3.71. The van der Waals surface area contributed by atoms with Crippen LogP contribution in [0.5, 0.6) is 5.88 Å². The minimum absolute atomic E-state index is 0.0134. The Morgan fingerprint density at radius 3 is 2.93 bits per heavy atom. The second kappa shape index (κ2) is 8.50. The molecule has 0 radical (unpaired) electrons. The minimum atomic E-state index is -0.162. The number of nitrogens with one attached hydrogen (secondary N) is 1. The fraction of sp³-hybridized carbons (Fsp3) is 0.429. The summed E-state index contributed by atoms with van der Waals surface area (Å²) in [6.45, 7) is 3.21. The molecule has 0 saturated carbocycles. The molecule has 4 rings (SSSR count). The molecule has 1 amide bonds. The molecule has 2 aliphatic heterocycles. The Labute approximate surface area is 159 Å². The summed E-state index contributed by atoms with van der Waals surface area (Å²) in [6, 6.07) is 13.9. The SMILES string of the molecule is O=C(CN1CCc2ccccc2C1)NC1COCCC1Oc1ccccn1. The standard InChI is InChI=1S/C21H25N3O3/c25-20(14-24-11-8-16-5-1-2-6-17(16)13-24)23-18-15-26-12-9-19(18)27-21-7-3-4-10-22-21/h1-7,10,18-19H,8-9,11-15H2,(H,23,25). The molecule has 2 aliphatic rings. The van der Waals surface area contributed by atoms with Crippen LogP contribution >= 0.6 is 0 Å². The zero-order chi connectivity index (χ0) is 18.5. The highest BCUT2D eigenvalue weighted by Crippen LogP contribution is 2.19. The van der Waals surface area contributed by atoms with Gasteiger partial charge >= 0.3 is 0 Å². The minimum Gasteiger partial charge on any atom is -0.472 e. The van der Waals surface area contributed by atoms with Crippen LogP contribution in [0.1, 0.15) is 17.5 Å². The highest BCUT2D eigenvalue weighted by molar-refractivity contribution is 5.78. The topological polar surface area (TPSA) is 63.7 Å². The van der Waals surface area contributed by atoms with E-state index >= 15 is 0 Å². The fourth-order valence-electron chi connectivity index (χ4n) is 3.71. The van der Waals surface area contributed by atoms with Crippen LogP contribution in [0.15, 0.2) is 48.7 Å². The second-order valence-electron chi connectivity index (χ2n) is 7.09. The van der Waals surface area contributed by atoms with E-state index in [0.29, 0.717) is 25.6 Å². The number of benzene rings is 1. The van der Waals surface area contributed by atoms with Crippen LogP contribution in [-0.2, 0) is 22.5 Å². The Bertz CT molecular complexity index is 768. The van der Waals surface area contributed by atoms with E-state index in [1.807, 2.05) is 18.2 Å². The van der Waals surface area contributed by atoms with Crippen LogP contribution in [-0.4, -0.2) is 54.2 Å². The summed E-state index contributed by atoms with van der Waals surface area (Å²) < 4.78 is 11.5. The molecule has 1 aromatic carbocycles. The largest absolute Gasteiger partial charge is 0.472 e. The molecule has 1 aromatic heterocycles. The van der Waals surface area contributed by atoms with Gasteiger partial charge in [-0.2, -0.15) is 0 Å². The first kappa shape index (κ1) is 17.9. The zero-order valence-corrected chi connectivity index (χ0v) is 15.3. The number of rotatable bonds is 5. The smallest absolute Gasteiger partial charge is 0.234 e. The molecule has 1 saturated heterocycles. The number of fused-ring (bicyclic) bond motifs is 1. The number of amides is 1. The average molecular weight is 367 g/mol. The lowest BCUT2D eigenvalue weighted by Gasteiger charge is -2.33. The molecule has 2 aromatic rings. The number of aromatic nitrogens is 1. The lowest BCUT2D eigenvalue weighted by molar-refractivity contribution is -0.125. The van der Waals surface area contributed by atoms with Crippen molar-refractivity contribution in [2.45, 2.75) is 31.5 Å². The molecular formula is C21H25N3O3. The summed E-state index contributed by atoms with van der Waals surface area (Å²) in [6.07, 6.45) is 3.30. The molecule has 0 bridgehead atoms. The Balaban J connectivity index is 1.32. The van der Waals surface area contributed by atoms with Gasteiger partial charge in [0.05, 0.1) is 25.8 Å². The summed E-state index contributed by atoms with van der Waals surface area (Å²) in [5.41, 5.74) is 2.70. The maximum absolute atomic E-state index is 12.6. The first-order valence-electron chi connectivity index (χ1n) is 9.52. The van der Waals surface area contributed by atoms with Gasteiger partial charge in [0.2, 0.25) is 11.8 Å². The Kier molecular flexibility index (Phi) is 5.65. The molecule has 6 nitrogen and oxygen atoms in total. The lowest BCUT2D eigenvalue weighted by atomic mass is 10.00. The molecule has 27 heavy (non-hydrogen) atoms. The second-order valence-corrected chi connectivity index (χ2v) is 7.09. The van der Waals surface area contributed by atoms with E-state index in [2.05, 4.69) is 39.5 Å². The molecule has 0 aliphatic carbocycles. The van der Waals surface area contributed by atoms with Gasteiger partial charge in [-0.05, 0) is 23.6 Å². The van der Waals surface area contributed by atoms with Crippen LogP contribution in [0.3, 0.4) is 0 Å². The maximum atomic E-state index is 12.6. The zero-order valence-electron chi connectivity index (χ0n) is 15.3. The lowest BCUT2D eigenvalue weighted by Crippen LogP contribution is -2.54. The Morgan fingerprint density at radius 2 is 2.07 bits per heavy atom. The first-order valence-corrected chi connectivity index (χ1v) is 9.52. The molecule has 142 valence electrons. The normalized spacial score (nSPS) is 22.7. The molecule has 1 N–H and O–H groups in total. The van der Waals surface area contributed by atoms with Crippen molar-refractivity contribution >= 4 is 5.91 Å². The molecule has 0 spiro atoms. The van der Waals surface area contributed by atoms with Crippen LogP contribution in [0.4, 0.5) is 0 Å². The van der Waals surface area contributed by atoms with Crippen LogP contribution in [0, 0.1) is 0 Å². The quantitative estimate of drug-likeness (QED) is 0.873. The monoisotopic (exact) mass is 367 g/mol. The molecular weight excluding hydrogens is 342 g/mol. The number of hydrogen-bond donors (Lipinski definition) is 1. The number of nitrogens with zero attached hydrogens (tertiary/aromatic N) is 2. The summed E-state index contributed by atoms with van der Waals surface area (Å²) in [5, 5.41) is 3.10. The third kappa shape index (κ3) is 4.64. The first-order chi connectivity index (χ1) is 13.3. The third-order valence-corrected chi connectivity index (χ3v) is 5.13. The van der Waals surface area contributed by atoms with Gasteiger partial charge in [-0.25, -0.2) is 4.98 Å². The predicted molar refractivity (Wildman–Crippen MR) is 101 cm³/mol. The van der Waals surface area contributed by atoms with Gasteiger partial charge in [0.1, 0.15) is 6.10 Å². The predicted octanol–water partition coefficient (Wildman–Crippen LogP) is 1.79. The Morgan fingerprint density at radius 1 is 1.22 bits per heavy atom. The number of carbonyl (C=O) groups excluding carboxylic acids is 1. The van der Waals surface area contributed by atoms with Crippen molar-refractivity contribution < 1.29 is 14.3 Å². The number of pyridine rings is 1. The molecule has 1 fully saturated rings. The van der Waals surface area contributed by atoms with Crippen molar-refractivity contribution in [1.29, 1.82) is 0 Å². The summed E-state index contributed by atoms with van der Waals surface area (Å²) in [4.78, 5) is 19.0.